The number of hydrogen-bond acceptors (Lipinski definition) is 1. The molecule has 1 aromatic heterocycles. The topological polar surface area (TPSA) is 16.8 Å². The summed E-state index contributed by atoms with van der Waals surface area (Å²) < 4.78 is 42.9. The van der Waals surface area contributed by atoms with E-state index in [9.17, 15) is 13.2 Å². The molecule has 0 unspecified atom stereocenters. The first-order valence-corrected chi connectivity index (χ1v) is 7.12. The normalized spacial score (nSPS) is 12.3. The molecule has 2 aromatic carbocycles. The van der Waals surface area contributed by atoms with Crippen molar-refractivity contribution in [3.05, 3.63) is 47.4 Å². The highest BCUT2D eigenvalue weighted by atomic mass is 19.4. The van der Waals surface area contributed by atoms with Gasteiger partial charge in [0.1, 0.15) is 11.3 Å². The van der Waals surface area contributed by atoms with Crippen LogP contribution < -0.4 is 4.57 Å². The molecule has 3 aromatic rings. The molecule has 0 atom stereocenters. The van der Waals surface area contributed by atoms with Gasteiger partial charge < -0.3 is 0 Å². The maximum Gasteiger partial charge on any atom is 0.421 e. The van der Waals surface area contributed by atoms with Crippen LogP contribution in [0.5, 0.6) is 0 Å². The Hall–Kier alpha value is -2.17. The molecule has 0 aliphatic rings. The molecule has 22 heavy (non-hydrogen) atoms. The predicted octanol–water partition coefficient (Wildman–Crippen LogP) is 4.10. The third-order valence-electron chi connectivity index (χ3n) is 4.12. The zero-order valence-corrected chi connectivity index (χ0v) is 12.6. The summed E-state index contributed by atoms with van der Waals surface area (Å²) in [5, 5.41) is 1.36. The maximum atomic E-state index is 13.7. The van der Waals surface area contributed by atoms with Crippen molar-refractivity contribution in [3.63, 3.8) is 0 Å². The second-order valence-electron chi connectivity index (χ2n) is 5.38. The van der Waals surface area contributed by atoms with Crippen molar-refractivity contribution in [1.82, 2.24) is 4.98 Å². The summed E-state index contributed by atoms with van der Waals surface area (Å²) >= 11 is 0. The summed E-state index contributed by atoms with van der Waals surface area (Å²) in [4.78, 5) is 4.24. The molecule has 0 aliphatic heterocycles. The van der Waals surface area contributed by atoms with Gasteiger partial charge in [-0.2, -0.15) is 13.2 Å². The number of nitrogens with zero attached hydrogens (tertiary/aromatic N) is 2. The van der Waals surface area contributed by atoms with Crippen LogP contribution in [-0.4, -0.2) is 4.98 Å². The molecule has 5 heteroatoms. The van der Waals surface area contributed by atoms with Crippen molar-refractivity contribution < 1.29 is 17.7 Å². The molecule has 3 rings (SSSR count). The molecule has 0 spiro atoms. The third kappa shape index (κ3) is 2.12. The van der Waals surface area contributed by atoms with Gasteiger partial charge in [0.25, 0.3) is 5.82 Å². The number of aromatic nitrogens is 2. The van der Waals surface area contributed by atoms with E-state index in [1.54, 1.807) is 25.1 Å². The van der Waals surface area contributed by atoms with Crippen LogP contribution in [0.2, 0.25) is 0 Å². The number of hydrogen-bond donors (Lipinski definition) is 0. The lowest BCUT2D eigenvalue weighted by atomic mass is 9.98. The highest BCUT2D eigenvalue weighted by Gasteiger charge is 2.38. The second-order valence-corrected chi connectivity index (χ2v) is 5.38. The molecular formula is C17H16F3N2+. The number of aryl methyl sites for hydroxylation is 2. The number of fused-ring (bicyclic) bond motifs is 2. The SMILES string of the molecule is CCc1c2cc3ccccc3c(C(F)(F)F)c2nc(C)[n+]1C. The Bertz CT molecular complexity index is 883. The van der Waals surface area contributed by atoms with Gasteiger partial charge >= 0.3 is 6.18 Å². The number of halogens is 3. The minimum atomic E-state index is -4.44. The number of rotatable bonds is 1. The van der Waals surface area contributed by atoms with E-state index in [1.165, 1.54) is 6.07 Å². The van der Waals surface area contributed by atoms with E-state index in [0.717, 1.165) is 5.69 Å². The number of alkyl halides is 3. The highest BCUT2D eigenvalue weighted by molar-refractivity contribution is 6.01. The van der Waals surface area contributed by atoms with Crippen molar-refractivity contribution in [2.75, 3.05) is 0 Å². The Kier molecular flexibility index (Phi) is 3.31. The van der Waals surface area contributed by atoms with E-state index >= 15 is 0 Å². The molecule has 2 nitrogen and oxygen atoms in total. The van der Waals surface area contributed by atoms with Crippen LogP contribution in [0.15, 0.2) is 30.3 Å². The van der Waals surface area contributed by atoms with Crippen LogP contribution in [0.4, 0.5) is 13.2 Å². The molecule has 0 saturated carbocycles. The van der Waals surface area contributed by atoms with Crippen molar-refractivity contribution >= 4 is 21.7 Å². The van der Waals surface area contributed by atoms with Gasteiger partial charge in [-0.25, -0.2) is 4.57 Å². The van der Waals surface area contributed by atoms with E-state index in [-0.39, 0.29) is 10.9 Å². The Morgan fingerprint density at radius 1 is 1.14 bits per heavy atom. The first-order chi connectivity index (χ1) is 10.3. The fourth-order valence-corrected chi connectivity index (χ4v) is 3.00. The third-order valence-corrected chi connectivity index (χ3v) is 4.12. The molecule has 0 saturated heterocycles. The van der Waals surface area contributed by atoms with Gasteiger partial charge in [-0.05, 0) is 21.8 Å². The van der Waals surface area contributed by atoms with Crippen molar-refractivity contribution in [3.8, 4) is 0 Å². The average Bonchev–Trinajstić information content (AvgIpc) is 2.45. The molecule has 0 bridgehead atoms. The fraction of sp³-hybridized carbons (Fsp3) is 0.294. The molecule has 1 heterocycles. The molecule has 0 radical (unpaired) electrons. The zero-order chi connectivity index (χ0) is 16.1. The second kappa shape index (κ2) is 4.93. The monoisotopic (exact) mass is 305 g/mol. The summed E-state index contributed by atoms with van der Waals surface area (Å²) in [5.74, 6) is 0.574. The van der Waals surface area contributed by atoms with Gasteiger partial charge in [0.05, 0.1) is 12.4 Å². The predicted molar refractivity (Wildman–Crippen MR) is 79.5 cm³/mol. The molecule has 0 N–H and O–H groups in total. The summed E-state index contributed by atoms with van der Waals surface area (Å²) in [6.07, 6.45) is -3.80. The first-order valence-electron chi connectivity index (χ1n) is 7.12. The van der Waals surface area contributed by atoms with Gasteiger partial charge in [-0.1, -0.05) is 31.2 Å². The standard InChI is InChI=1S/C17H16F3N2/c1-4-14-13-9-11-7-5-6-8-12(11)15(17(18,19)20)16(13)21-10(2)22(14)3/h5-9H,4H2,1-3H3/q+1. The van der Waals surface area contributed by atoms with Gasteiger partial charge in [0, 0.05) is 13.3 Å². The van der Waals surface area contributed by atoms with E-state index in [1.807, 2.05) is 24.6 Å². The quantitative estimate of drug-likeness (QED) is 0.488. The highest BCUT2D eigenvalue weighted by Crippen LogP contribution is 2.39. The minimum absolute atomic E-state index is 0.0404. The van der Waals surface area contributed by atoms with E-state index < -0.39 is 11.7 Å². The van der Waals surface area contributed by atoms with Gasteiger partial charge in [-0.3, -0.25) is 0 Å². The molecular weight excluding hydrogens is 289 g/mol. The smallest absolute Gasteiger partial charge is 0.234 e. The van der Waals surface area contributed by atoms with Gasteiger partial charge in [0.15, 0.2) is 5.52 Å². The summed E-state index contributed by atoms with van der Waals surface area (Å²) in [5.41, 5.74) is 0.261. The van der Waals surface area contributed by atoms with Crippen LogP contribution >= 0.6 is 0 Å². The van der Waals surface area contributed by atoms with Gasteiger partial charge in [-0.15, -0.1) is 0 Å². The van der Waals surface area contributed by atoms with Crippen molar-refractivity contribution in [2.45, 2.75) is 26.4 Å². The average molecular weight is 305 g/mol. The lowest BCUT2D eigenvalue weighted by Crippen LogP contribution is -2.38. The summed E-state index contributed by atoms with van der Waals surface area (Å²) in [7, 11) is 1.84. The van der Waals surface area contributed by atoms with E-state index in [0.29, 0.717) is 23.0 Å². The van der Waals surface area contributed by atoms with E-state index in [4.69, 9.17) is 0 Å². The Labute approximate surface area is 126 Å². The largest absolute Gasteiger partial charge is 0.421 e. The van der Waals surface area contributed by atoms with E-state index in [2.05, 4.69) is 4.98 Å². The minimum Gasteiger partial charge on any atom is -0.234 e. The lowest BCUT2D eigenvalue weighted by molar-refractivity contribution is -0.686. The summed E-state index contributed by atoms with van der Waals surface area (Å²) in [6, 6.07) is 8.41. The first kappa shape index (κ1) is 14.8. The van der Waals surface area contributed by atoms with Gasteiger partial charge in [0.2, 0.25) is 0 Å². The van der Waals surface area contributed by atoms with Crippen LogP contribution in [0.3, 0.4) is 0 Å². The molecule has 0 aliphatic carbocycles. The fourth-order valence-electron chi connectivity index (χ4n) is 3.00. The Balaban J connectivity index is 2.63. The van der Waals surface area contributed by atoms with Crippen LogP contribution in [0.1, 0.15) is 24.0 Å². The Morgan fingerprint density at radius 2 is 1.82 bits per heavy atom. The van der Waals surface area contributed by atoms with Crippen LogP contribution in [-0.2, 0) is 19.6 Å². The molecule has 0 fully saturated rings. The molecule has 114 valence electrons. The Morgan fingerprint density at radius 3 is 2.45 bits per heavy atom. The van der Waals surface area contributed by atoms with Crippen LogP contribution in [0.25, 0.3) is 21.7 Å². The summed E-state index contributed by atoms with van der Waals surface area (Å²) in [6.45, 7) is 3.67. The van der Waals surface area contributed by atoms with Crippen molar-refractivity contribution in [1.29, 1.82) is 0 Å². The lowest BCUT2D eigenvalue weighted by Gasteiger charge is -2.13. The maximum absolute atomic E-state index is 13.7. The number of benzene rings is 2. The molecule has 0 amide bonds. The van der Waals surface area contributed by atoms with Crippen molar-refractivity contribution in [2.24, 2.45) is 7.05 Å². The van der Waals surface area contributed by atoms with Crippen LogP contribution in [0, 0.1) is 6.92 Å². The zero-order valence-electron chi connectivity index (χ0n) is 12.6.